The minimum atomic E-state index is 0.0616. The summed E-state index contributed by atoms with van der Waals surface area (Å²) in [5.41, 5.74) is 6.42. The fourth-order valence-corrected chi connectivity index (χ4v) is 7.53. The first-order valence-corrected chi connectivity index (χ1v) is 21.5. The van der Waals surface area contributed by atoms with Gasteiger partial charge in [0.15, 0.2) is 5.75 Å². The molecule has 0 spiro atoms. The Hall–Kier alpha value is -4.24. The molecule has 0 atom stereocenters. The number of halogens is 1. The van der Waals surface area contributed by atoms with Crippen LogP contribution in [0.3, 0.4) is 0 Å². The van der Waals surface area contributed by atoms with Crippen LogP contribution in [-0.2, 0) is 24.9 Å². The third-order valence-corrected chi connectivity index (χ3v) is 11.2. The number of imidazole rings is 1. The average Bonchev–Trinajstić information content (AvgIpc) is 3.57. The van der Waals surface area contributed by atoms with Crippen molar-refractivity contribution in [2.45, 2.75) is 99.1 Å². The molecule has 4 bridgehead atoms. The van der Waals surface area contributed by atoms with Crippen molar-refractivity contribution in [3.05, 3.63) is 94.5 Å². The van der Waals surface area contributed by atoms with Crippen LogP contribution in [0.25, 0.3) is 22.4 Å². The van der Waals surface area contributed by atoms with E-state index in [1.54, 1.807) is 0 Å². The number of benzene rings is 4. The summed E-state index contributed by atoms with van der Waals surface area (Å²) in [5, 5.41) is 0.737. The van der Waals surface area contributed by atoms with Gasteiger partial charge in [-0.3, -0.25) is 4.90 Å². The topological polar surface area (TPSA) is 61.2 Å². The van der Waals surface area contributed by atoms with Gasteiger partial charge in [-0.15, -0.1) is 0 Å². The van der Waals surface area contributed by atoms with Gasteiger partial charge in [-0.1, -0.05) is 90.8 Å². The van der Waals surface area contributed by atoms with Crippen LogP contribution in [-0.4, -0.2) is 71.9 Å². The SMILES string of the molecule is CCCCn1c2nc3c(cc(Oc4ccc(C(C)(C)C)cc4)cc31)OCCCN(CC)Cc1cc-2c(OCCCN(CC)CC)cc1OCCc1ccc(Cl)cc1. The summed E-state index contributed by atoms with van der Waals surface area (Å²) in [6, 6.07) is 24.9. The molecule has 0 saturated heterocycles. The largest absolute Gasteiger partial charge is 0.493 e. The summed E-state index contributed by atoms with van der Waals surface area (Å²) in [6.07, 6.45) is 4.60. The normalized spacial score (nSPS) is 13.6. The van der Waals surface area contributed by atoms with Gasteiger partial charge in [-0.05, 0) is 85.8 Å². The highest BCUT2D eigenvalue weighted by atomic mass is 35.5. The van der Waals surface area contributed by atoms with Crippen molar-refractivity contribution in [2.24, 2.45) is 0 Å². The summed E-state index contributed by atoms with van der Waals surface area (Å²) >= 11 is 6.18. The molecule has 2 heterocycles. The van der Waals surface area contributed by atoms with Gasteiger partial charge in [0.25, 0.3) is 0 Å². The first kappa shape index (κ1) is 42.4. The molecule has 8 nitrogen and oxygen atoms in total. The molecule has 1 aliphatic heterocycles. The second-order valence-corrected chi connectivity index (χ2v) is 16.5. The number of aromatic nitrogens is 2. The van der Waals surface area contributed by atoms with Crippen LogP contribution >= 0.6 is 11.6 Å². The monoisotopic (exact) mass is 794 g/mol. The fraction of sp³-hybridized carbons (Fsp3) is 0.479. The Labute approximate surface area is 346 Å². The number of hydrogen-bond acceptors (Lipinski definition) is 7. The third-order valence-electron chi connectivity index (χ3n) is 10.9. The fourth-order valence-electron chi connectivity index (χ4n) is 7.40. The summed E-state index contributed by atoms with van der Waals surface area (Å²) in [7, 11) is 0. The number of rotatable bonds is 17. The zero-order valence-electron chi connectivity index (χ0n) is 35.3. The van der Waals surface area contributed by atoms with E-state index in [-0.39, 0.29) is 5.41 Å². The molecule has 0 saturated carbocycles. The van der Waals surface area contributed by atoms with Gasteiger partial charge in [-0.25, -0.2) is 4.98 Å². The van der Waals surface area contributed by atoms with Gasteiger partial charge >= 0.3 is 0 Å². The second-order valence-electron chi connectivity index (χ2n) is 16.1. The predicted molar refractivity (Wildman–Crippen MR) is 235 cm³/mol. The van der Waals surface area contributed by atoms with Gasteiger partial charge in [0.05, 0.1) is 30.9 Å². The van der Waals surface area contributed by atoms with Crippen LogP contribution in [0.1, 0.15) is 90.8 Å². The smallest absolute Gasteiger partial charge is 0.150 e. The third kappa shape index (κ3) is 11.0. The van der Waals surface area contributed by atoms with Crippen molar-refractivity contribution in [3.63, 3.8) is 0 Å². The highest BCUT2D eigenvalue weighted by Gasteiger charge is 2.24. The first-order chi connectivity index (χ1) is 27.6. The van der Waals surface area contributed by atoms with Gasteiger partial charge < -0.3 is 28.4 Å². The molecule has 57 heavy (non-hydrogen) atoms. The van der Waals surface area contributed by atoms with Gasteiger partial charge in [0.1, 0.15) is 34.3 Å². The van der Waals surface area contributed by atoms with Gasteiger partial charge in [0.2, 0.25) is 0 Å². The van der Waals surface area contributed by atoms with Crippen molar-refractivity contribution in [3.8, 4) is 40.1 Å². The van der Waals surface area contributed by atoms with Crippen LogP contribution < -0.4 is 18.9 Å². The second kappa shape index (κ2) is 20.0. The average molecular weight is 796 g/mol. The van der Waals surface area contributed by atoms with E-state index in [0.29, 0.717) is 19.8 Å². The molecule has 306 valence electrons. The lowest BCUT2D eigenvalue weighted by Gasteiger charge is -2.24. The van der Waals surface area contributed by atoms with Crippen LogP contribution in [0.15, 0.2) is 72.8 Å². The molecule has 0 radical (unpaired) electrons. The predicted octanol–water partition coefficient (Wildman–Crippen LogP) is 11.6. The molecule has 9 heteroatoms. The van der Waals surface area contributed by atoms with Crippen molar-refractivity contribution in [1.82, 2.24) is 19.4 Å². The molecule has 0 unspecified atom stereocenters. The molecule has 4 aromatic carbocycles. The minimum Gasteiger partial charge on any atom is -0.493 e. The number of ether oxygens (including phenoxy) is 4. The Kier molecular flexibility index (Phi) is 14.8. The standard InChI is InChI=1S/C48H63ClN4O4/c1-8-12-26-53-42-31-40(57-39-21-17-37(18-22-39)48(5,6)7)32-45-46(42)50-47(53)41-30-36(34-52(11-4)25-14-28-55-45)43(56-29-23-35-15-19-38(49)20-16-35)33-44(41)54-27-13-24-51(9-2)10-3/h15-22,30-33H,8-14,23-29,34H2,1-7H3. The highest BCUT2D eigenvalue weighted by Crippen LogP contribution is 2.42. The lowest BCUT2D eigenvalue weighted by molar-refractivity contribution is 0.231. The highest BCUT2D eigenvalue weighted by molar-refractivity contribution is 6.30. The van der Waals surface area contributed by atoms with E-state index in [2.05, 4.69) is 117 Å². The van der Waals surface area contributed by atoms with Crippen LogP contribution in [0, 0.1) is 0 Å². The number of unbranched alkanes of at least 4 members (excludes halogenated alkanes) is 1. The molecule has 0 aliphatic carbocycles. The minimum absolute atomic E-state index is 0.0616. The molecule has 0 N–H and O–H groups in total. The number of hydrogen-bond donors (Lipinski definition) is 0. The Morgan fingerprint density at radius 2 is 1.60 bits per heavy atom. The van der Waals surface area contributed by atoms with E-state index >= 15 is 0 Å². The van der Waals surface area contributed by atoms with Crippen LogP contribution in [0.4, 0.5) is 0 Å². The molecular formula is C48H63ClN4O4. The lowest BCUT2D eigenvalue weighted by Crippen LogP contribution is -2.26. The molecule has 6 rings (SSSR count). The Morgan fingerprint density at radius 1 is 0.842 bits per heavy atom. The summed E-state index contributed by atoms with van der Waals surface area (Å²) < 4.78 is 29.0. The van der Waals surface area contributed by atoms with Crippen LogP contribution in [0.5, 0.6) is 28.7 Å². The summed E-state index contributed by atoms with van der Waals surface area (Å²) in [4.78, 5) is 10.3. The first-order valence-electron chi connectivity index (χ1n) is 21.2. The quantitative estimate of drug-likeness (QED) is 0.0869. The zero-order valence-corrected chi connectivity index (χ0v) is 36.1. The molecule has 0 fully saturated rings. The number of aryl methyl sites for hydroxylation is 1. The molecule has 0 amide bonds. The van der Waals surface area contributed by atoms with E-state index in [1.165, 1.54) is 11.1 Å². The Morgan fingerprint density at radius 3 is 2.30 bits per heavy atom. The van der Waals surface area contributed by atoms with Crippen molar-refractivity contribution in [1.29, 1.82) is 0 Å². The van der Waals surface area contributed by atoms with Gasteiger partial charge in [0, 0.05) is 61.4 Å². The molecule has 1 aliphatic rings. The summed E-state index contributed by atoms with van der Waals surface area (Å²) in [6.45, 7) is 23.6. The summed E-state index contributed by atoms with van der Waals surface area (Å²) in [5.74, 6) is 4.75. The maximum Gasteiger partial charge on any atom is 0.150 e. The van der Waals surface area contributed by atoms with Crippen LogP contribution in [0.2, 0.25) is 5.02 Å². The van der Waals surface area contributed by atoms with E-state index in [9.17, 15) is 0 Å². The van der Waals surface area contributed by atoms with E-state index < -0.39 is 0 Å². The van der Waals surface area contributed by atoms with Crippen molar-refractivity contribution >= 4 is 22.6 Å². The molecular weight excluding hydrogens is 732 g/mol. The zero-order chi connectivity index (χ0) is 40.4. The maximum absolute atomic E-state index is 6.78. The lowest BCUT2D eigenvalue weighted by atomic mass is 9.87. The Bertz CT molecular complexity index is 2030. The van der Waals surface area contributed by atoms with Gasteiger partial charge in [-0.2, -0.15) is 0 Å². The maximum atomic E-state index is 6.78. The van der Waals surface area contributed by atoms with Crippen molar-refractivity contribution < 1.29 is 18.9 Å². The van der Waals surface area contributed by atoms with E-state index in [4.69, 9.17) is 35.5 Å². The molecule has 5 aromatic rings. The van der Waals surface area contributed by atoms with Crippen molar-refractivity contribution in [2.75, 3.05) is 52.5 Å². The number of fused-ring (bicyclic) bond motifs is 4. The van der Waals surface area contributed by atoms with E-state index in [0.717, 1.165) is 140 Å². The Balaban J connectivity index is 1.45. The van der Waals surface area contributed by atoms with E-state index in [1.807, 2.05) is 18.2 Å². The number of nitrogens with zero attached hydrogens (tertiary/aromatic N) is 4. The molecule has 1 aromatic heterocycles.